The van der Waals surface area contributed by atoms with Crippen molar-refractivity contribution in [3.05, 3.63) is 176 Å². The maximum absolute atomic E-state index is 6.70. The van der Waals surface area contributed by atoms with Gasteiger partial charge in [0.25, 0.3) is 0 Å². The molecule has 0 unspecified atom stereocenters. The van der Waals surface area contributed by atoms with Crippen LogP contribution in [0.25, 0.3) is 65.7 Å². The van der Waals surface area contributed by atoms with Gasteiger partial charge in [-0.1, -0.05) is 140 Å². The minimum Gasteiger partial charge on any atom is -0.456 e. The summed E-state index contributed by atoms with van der Waals surface area (Å²) in [4.78, 5) is 2.45. The van der Waals surface area contributed by atoms with E-state index >= 15 is 0 Å². The Morgan fingerprint density at radius 2 is 1.02 bits per heavy atom. The second-order valence-electron chi connectivity index (χ2n) is 11.7. The quantitative estimate of drug-likeness (QED) is 0.199. The second kappa shape index (κ2) is 10.8. The molecular formula is C44H29NO. The van der Waals surface area contributed by atoms with Gasteiger partial charge in [-0.05, 0) is 69.2 Å². The number of anilines is 3. The standard InChI is InChI=1S/C44H29NO/c1-3-14-32(15-4-1)37-22-12-24-40-42(37)43-41(46-40)28-27-38(33-16-5-2-6-17-33)44(43)45(35-26-25-30-13-7-8-19-34(30)29-35)39-23-11-20-31-18-9-10-21-36(31)39/h1-29H. The van der Waals surface area contributed by atoms with Crippen LogP contribution in [0.1, 0.15) is 0 Å². The number of benzene rings is 8. The summed E-state index contributed by atoms with van der Waals surface area (Å²) < 4.78 is 6.70. The first kappa shape index (κ1) is 26.3. The molecule has 0 spiro atoms. The Kier molecular flexibility index (Phi) is 6.17. The van der Waals surface area contributed by atoms with E-state index in [0.717, 1.165) is 61.3 Å². The van der Waals surface area contributed by atoms with E-state index in [4.69, 9.17) is 4.42 Å². The lowest BCUT2D eigenvalue weighted by atomic mass is 9.94. The monoisotopic (exact) mass is 587 g/mol. The number of hydrogen-bond acceptors (Lipinski definition) is 2. The van der Waals surface area contributed by atoms with Gasteiger partial charge in [-0.2, -0.15) is 0 Å². The van der Waals surface area contributed by atoms with Crippen molar-refractivity contribution in [2.24, 2.45) is 0 Å². The van der Waals surface area contributed by atoms with Gasteiger partial charge in [0, 0.05) is 22.0 Å². The zero-order valence-electron chi connectivity index (χ0n) is 25.1. The number of rotatable bonds is 5. The number of hydrogen-bond donors (Lipinski definition) is 0. The Morgan fingerprint density at radius 3 is 1.83 bits per heavy atom. The molecule has 1 heterocycles. The zero-order chi connectivity index (χ0) is 30.5. The van der Waals surface area contributed by atoms with Crippen LogP contribution in [0.2, 0.25) is 0 Å². The van der Waals surface area contributed by atoms with E-state index in [1.807, 2.05) is 0 Å². The third kappa shape index (κ3) is 4.27. The Morgan fingerprint density at radius 1 is 0.391 bits per heavy atom. The normalized spacial score (nSPS) is 11.5. The molecule has 46 heavy (non-hydrogen) atoms. The molecule has 216 valence electrons. The molecule has 0 aliphatic heterocycles. The predicted molar refractivity (Wildman–Crippen MR) is 194 cm³/mol. The fourth-order valence-corrected chi connectivity index (χ4v) is 6.94. The van der Waals surface area contributed by atoms with Gasteiger partial charge in [-0.3, -0.25) is 0 Å². The van der Waals surface area contributed by atoms with E-state index in [1.54, 1.807) is 0 Å². The van der Waals surface area contributed by atoms with Crippen LogP contribution in [0.5, 0.6) is 0 Å². The van der Waals surface area contributed by atoms with Crippen LogP contribution in [0.4, 0.5) is 17.1 Å². The van der Waals surface area contributed by atoms with Crippen molar-refractivity contribution in [2.45, 2.75) is 0 Å². The van der Waals surface area contributed by atoms with Crippen LogP contribution in [-0.2, 0) is 0 Å². The molecule has 0 atom stereocenters. The highest BCUT2D eigenvalue weighted by Crippen LogP contribution is 2.51. The summed E-state index contributed by atoms with van der Waals surface area (Å²) in [6.07, 6.45) is 0. The van der Waals surface area contributed by atoms with Crippen LogP contribution < -0.4 is 4.90 Å². The van der Waals surface area contributed by atoms with Crippen LogP contribution in [-0.4, -0.2) is 0 Å². The van der Waals surface area contributed by atoms with Gasteiger partial charge in [0.1, 0.15) is 11.2 Å². The van der Waals surface area contributed by atoms with E-state index in [2.05, 4.69) is 181 Å². The van der Waals surface area contributed by atoms with Gasteiger partial charge in [-0.15, -0.1) is 0 Å². The number of furan rings is 1. The molecule has 0 bridgehead atoms. The molecule has 0 aliphatic rings. The van der Waals surface area contributed by atoms with Crippen molar-refractivity contribution in [3.63, 3.8) is 0 Å². The van der Waals surface area contributed by atoms with Gasteiger partial charge in [-0.25, -0.2) is 0 Å². The fourth-order valence-electron chi connectivity index (χ4n) is 6.94. The molecule has 0 saturated heterocycles. The van der Waals surface area contributed by atoms with Crippen LogP contribution >= 0.6 is 0 Å². The molecule has 0 N–H and O–H groups in total. The maximum Gasteiger partial charge on any atom is 0.137 e. The molecule has 9 rings (SSSR count). The fraction of sp³-hybridized carbons (Fsp3) is 0. The molecule has 9 aromatic rings. The van der Waals surface area contributed by atoms with E-state index in [1.165, 1.54) is 21.5 Å². The third-order valence-corrected chi connectivity index (χ3v) is 9.03. The maximum atomic E-state index is 6.70. The van der Waals surface area contributed by atoms with Crippen molar-refractivity contribution in [2.75, 3.05) is 4.90 Å². The van der Waals surface area contributed by atoms with Crippen molar-refractivity contribution in [3.8, 4) is 22.3 Å². The molecule has 0 saturated carbocycles. The zero-order valence-corrected chi connectivity index (χ0v) is 25.1. The molecule has 2 nitrogen and oxygen atoms in total. The van der Waals surface area contributed by atoms with Gasteiger partial charge in [0.15, 0.2) is 0 Å². The Hall–Kier alpha value is -6.12. The van der Waals surface area contributed by atoms with Crippen LogP contribution in [0, 0.1) is 0 Å². The van der Waals surface area contributed by atoms with E-state index < -0.39 is 0 Å². The van der Waals surface area contributed by atoms with Gasteiger partial charge in [0.05, 0.1) is 16.8 Å². The molecule has 0 amide bonds. The second-order valence-corrected chi connectivity index (χ2v) is 11.7. The molecular weight excluding hydrogens is 558 g/mol. The molecule has 8 aromatic carbocycles. The molecule has 2 heteroatoms. The summed E-state index contributed by atoms with van der Waals surface area (Å²) in [6.45, 7) is 0. The topological polar surface area (TPSA) is 16.4 Å². The average molecular weight is 588 g/mol. The van der Waals surface area contributed by atoms with Crippen molar-refractivity contribution >= 4 is 60.5 Å². The first-order valence-corrected chi connectivity index (χ1v) is 15.7. The van der Waals surface area contributed by atoms with Crippen LogP contribution in [0.3, 0.4) is 0 Å². The Bertz CT molecular complexity index is 2520. The third-order valence-electron chi connectivity index (χ3n) is 9.03. The highest BCUT2D eigenvalue weighted by molar-refractivity contribution is 6.22. The number of fused-ring (bicyclic) bond motifs is 5. The first-order chi connectivity index (χ1) is 22.8. The highest BCUT2D eigenvalue weighted by atomic mass is 16.3. The van der Waals surface area contributed by atoms with E-state index in [0.29, 0.717) is 0 Å². The van der Waals surface area contributed by atoms with Gasteiger partial charge >= 0.3 is 0 Å². The molecule has 0 radical (unpaired) electrons. The lowest BCUT2D eigenvalue weighted by Crippen LogP contribution is -2.12. The Labute approximate surface area is 267 Å². The highest BCUT2D eigenvalue weighted by Gasteiger charge is 2.26. The predicted octanol–water partition coefficient (Wildman–Crippen LogP) is 12.7. The minimum absolute atomic E-state index is 0.860. The van der Waals surface area contributed by atoms with Crippen molar-refractivity contribution in [1.82, 2.24) is 0 Å². The lowest BCUT2D eigenvalue weighted by Gasteiger charge is -2.30. The SMILES string of the molecule is c1ccc(-c2ccc3oc4cccc(-c5ccccc5)c4c3c2N(c2ccc3ccccc3c2)c2cccc3ccccc23)cc1. The lowest BCUT2D eigenvalue weighted by molar-refractivity contribution is 0.669. The van der Waals surface area contributed by atoms with Crippen molar-refractivity contribution < 1.29 is 4.42 Å². The van der Waals surface area contributed by atoms with Gasteiger partial charge < -0.3 is 9.32 Å². The summed E-state index contributed by atoms with van der Waals surface area (Å²) in [6, 6.07) is 62.7. The Balaban J connectivity index is 1.48. The van der Waals surface area contributed by atoms with E-state index in [-0.39, 0.29) is 0 Å². The minimum atomic E-state index is 0.860. The van der Waals surface area contributed by atoms with E-state index in [9.17, 15) is 0 Å². The summed E-state index contributed by atoms with van der Waals surface area (Å²) in [5, 5.41) is 7.00. The molecule has 0 aliphatic carbocycles. The number of nitrogens with zero attached hydrogens (tertiary/aromatic N) is 1. The largest absolute Gasteiger partial charge is 0.456 e. The smallest absolute Gasteiger partial charge is 0.137 e. The summed E-state index contributed by atoms with van der Waals surface area (Å²) in [7, 11) is 0. The van der Waals surface area contributed by atoms with Crippen LogP contribution in [0.15, 0.2) is 180 Å². The first-order valence-electron chi connectivity index (χ1n) is 15.7. The van der Waals surface area contributed by atoms with Gasteiger partial charge in [0.2, 0.25) is 0 Å². The average Bonchev–Trinajstić information content (AvgIpc) is 3.52. The summed E-state index contributed by atoms with van der Waals surface area (Å²) in [5.41, 5.74) is 9.64. The molecule has 0 fully saturated rings. The molecule has 1 aromatic heterocycles. The summed E-state index contributed by atoms with van der Waals surface area (Å²) >= 11 is 0. The summed E-state index contributed by atoms with van der Waals surface area (Å²) in [5.74, 6) is 0. The van der Waals surface area contributed by atoms with Crippen molar-refractivity contribution in [1.29, 1.82) is 0 Å².